The van der Waals surface area contributed by atoms with Crippen LogP contribution in [0.5, 0.6) is 0 Å². The molecule has 0 radical (unpaired) electrons. The summed E-state index contributed by atoms with van der Waals surface area (Å²) in [5.41, 5.74) is -0.219. The van der Waals surface area contributed by atoms with E-state index >= 15 is 0 Å². The minimum atomic E-state index is -4.48. The van der Waals surface area contributed by atoms with Crippen molar-refractivity contribution in [1.82, 2.24) is 9.78 Å². The van der Waals surface area contributed by atoms with Crippen LogP contribution in [0, 0.1) is 0 Å². The van der Waals surface area contributed by atoms with Gasteiger partial charge in [-0.2, -0.15) is 30.0 Å². The molecule has 18 heavy (non-hydrogen) atoms. The van der Waals surface area contributed by atoms with E-state index in [0.717, 1.165) is 4.68 Å². The molecule has 0 spiro atoms. The Morgan fingerprint density at radius 2 is 2.22 bits per heavy atom. The summed E-state index contributed by atoms with van der Waals surface area (Å²) >= 11 is 1.38. The molecule has 1 aromatic heterocycles. The minimum absolute atomic E-state index is 0.191. The third kappa shape index (κ3) is 2.47. The van der Waals surface area contributed by atoms with Crippen LogP contribution in [-0.2, 0) is 33.8 Å². The van der Waals surface area contributed by atoms with E-state index in [0.29, 0.717) is 11.4 Å². The third-order valence-corrected chi connectivity index (χ3v) is 3.47. The summed E-state index contributed by atoms with van der Waals surface area (Å²) < 4.78 is 44.0. The lowest BCUT2D eigenvalue weighted by Gasteiger charge is -2.05. The lowest BCUT2D eigenvalue weighted by molar-refractivity contribution is -0.146. The van der Waals surface area contributed by atoms with E-state index in [9.17, 15) is 18.0 Å². The number of nitrogens with zero attached hydrogens (tertiary/aromatic N) is 2. The fourth-order valence-corrected chi connectivity index (χ4v) is 2.91. The number of alkyl halides is 3. The van der Waals surface area contributed by atoms with E-state index in [1.165, 1.54) is 11.8 Å². The molecule has 4 nitrogen and oxygen atoms in total. The van der Waals surface area contributed by atoms with Crippen LogP contribution in [-0.4, -0.2) is 22.4 Å². The van der Waals surface area contributed by atoms with Crippen molar-refractivity contribution >= 4 is 17.7 Å². The van der Waals surface area contributed by atoms with Gasteiger partial charge in [0.05, 0.1) is 12.3 Å². The fourth-order valence-electron chi connectivity index (χ4n) is 1.78. The zero-order valence-corrected chi connectivity index (χ0v) is 10.4. The zero-order valence-electron chi connectivity index (χ0n) is 9.58. The van der Waals surface area contributed by atoms with Gasteiger partial charge >= 0.3 is 12.1 Å². The Morgan fingerprint density at radius 1 is 1.50 bits per heavy atom. The zero-order chi connectivity index (χ0) is 13.3. The van der Waals surface area contributed by atoms with Crippen LogP contribution in [0.4, 0.5) is 13.2 Å². The van der Waals surface area contributed by atoms with E-state index in [1.54, 1.807) is 6.92 Å². The van der Waals surface area contributed by atoms with E-state index in [1.807, 2.05) is 0 Å². The van der Waals surface area contributed by atoms with Gasteiger partial charge in [-0.15, -0.1) is 0 Å². The van der Waals surface area contributed by atoms with E-state index < -0.39 is 17.8 Å². The minimum Gasteiger partial charge on any atom is -0.465 e. The van der Waals surface area contributed by atoms with Gasteiger partial charge in [-0.05, 0) is 6.92 Å². The number of hydrogen-bond acceptors (Lipinski definition) is 4. The smallest absolute Gasteiger partial charge is 0.435 e. The average Bonchev–Trinajstić information content (AvgIpc) is 2.80. The maximum absolute atomic E-state index is 12.7. The third-order valence-electron chi connectivity index (χ3n) is 2.50. The van der Waals surface area contributed by atoms with Gasteiger partial charge in [0, 0.05) is 17.1 Å². The molecule has 1 aliphatic heterocycles. The van der Waals surface area contributed by atoms with Crippen molar-refractivity contribution < 1.29 is 22.7 Å². The van der Waals surface area contributed by atoms with Gasteiger partial charge in [-0.3, -0.25) is 9.48 Å². The molecular formula is C10H11F3N2O2S. The summed E-state index contributed by atoms with van der Waals surface area (Å²) in [6, 6.07) is 0. The van der Waals surface area contributed by atoms with Crippen molar-refractivity contribution in [1.29, 1.82) is 0 Å². The van der Waals surface area contributed by atoms with Crippen molar-refractivity contribution in [2.24, 2.45) is 0 Å². The van der Waals surface area contributed by atoms with Crippen molar-refractivity contribution in [3.63, 3.8) is 0 Å². The largest absolute Gasteiger partial charge is 0.465 e. The van der Waals surface area contributed by atoms with Crippen LogP contribution in [0.3, 0.4) is 0 Å². The summed E-state index contributed by atoms with van der Waals surface area (Å²) in [7, 11) is 0. The quantitative estimate of drug-likeness (QED) is 0.796. The summed E-state index contributed by atoms with van der Waals surface area (Å²) in [4.78, 5) is 11.3. The predicted octanol–water partition coefficient (Wildman–Crippen LogP) is 2.21. The molecule has 0 saturated heterocycles. The van der Waals surface area contributed by atoms with Crippen LogP contribution in [0.2, 0.25) is 0 Å². The maximum Gasteiger partial charge on any atom is 0.435 e. The second-order valence-electron chi connectivity index (χ2n) is 3.73. The Labute approximate surface area is 105 Å². The van der Waals surface area contributed by atoms with E-state index in [4.69, 9.17) is 4.74 Å². The molecule has 0 fully saturated rings. The van der Waals surface area contributed by atoms with Gasteiger partial charge in [0.2, 0.25) is 0 Å². The molecule has 1 aliphatic rings. The standard InChI is InChI=1S/C10H11F3N2O2S/c1-2-17-8(16)3-15-7-5-18-4-6(7)9(14-15)10(11,12)13/h2-5H2,1H3. The monoisotopic (exact) mass is 280 g/mol. The first-order valence-corrected chi connectivity index (χ1v) is 6.48. The molecule has 1 aromatic rings. The number of hydrogen-bond donors (Lipinski definition) is 0. The van der Waals surface area contributed by atoms with Crippen LogP contribution >= 0.6 is 11.8 Å². The number of aromatic nitrogens is 2. The first-order valence-electron chi connectivity index (χ1n) is 5.32. The first kappa shape index (κ1) is 13.3. The second-order valence-corrected chi connectivity index (χ2v) is 4.71. The van der Waals surface area contributed by atoms with E-state index in [-0.39, 0.29) is 24.5 Å². The number of rotatable bonds is 3. The Kier molecular flexibility index (Phi) is 3.56. The SMILES string of the molecule is CCOC(=O)Cn1nc(C(F)(F)F)c2c1CSC2. The Bertz CT molecular complexity index is 470. The molecule has 0 aromatic carbocycles. The van der Waals surface area contributed by atoms with Crippen molar-refractivity contribution in [3.8, 4) is 0 Å². The van der Waals surface area contributed by atoms with Gasteiger partial charge in [0.25, 0.3) is 0 Å². The normalized spacial score (nSPS) is 14.7. The van der Waals surface area contributed by atoms with Crippen LogP contribution < -0.4 is 0 Å². The highest BCUT2D eigenvalue weighted by Gasteiger charge is 2.40. The van der Waals surface area contributed by atoms with Crippen LogP contribution in [0.15, 0.2) is 0 Å². The molecule has 8 heteroatoms. The second kappa shape index (κ2) is 4.83. The highest BCUT2D eigenvalue weighted by Crippen LogP contribution is 2.39. The summed E-state index contributed by atoms with van der Waals surface area (Å²) in [6.45, 7) is 1.57. The average molecular weight is 280 g/mol. The number of thioether (sulfide) groups is 1. The Hall–Kier alpha value is -1.18. The predicted molar refractivity (Wildman–Crippen MR) is 58.9 cm³/mol. The molecule has 0 unspecified atom stereocenters. The number of carbonyl (C=O) groups is 1. The lowest BCUT2D eigenvalue weighted by Crippen LogP contribution is -2.17. The molecule has 0 saturated carbocycles. The summed E-state index contributed by atoms with van der Waals surface area (Å²) in [5.74, 6) is 0.151. The summed E-state index contributed by atoms with van der Waals surface area (Å²) in [6.07, 6.45) is -4.48. The number of ether oxygens (including phenoxy) is 1. The van der Waals surface area contributed by atoms with Crippen molar-refractivity contribution in [2.45, 2.75) is 31.2 Å². The Balaban J connectivity index is 2.30. The Morgan fingerprint density at radius 3 is 2.83 bits per heavy atom. The van der Waals surface area contributed by atoms with Crippen LogP contribution in [0.25, 0.3) is 0 Å². The van der Waals surface area contributed by atoms with Gasteiger partial charge < -0.3 is 4.74 Å². The molecule has 0 aliphatic carbocycles. The first-order chi connectivity index (χ1) is 8.43. The number of fused-ring (bicyclic) bond motifs is 1. The van der Waals surface area contributed by atoms with Gasteiger partial charge in [0.15, 0.2) is 5.69 Å². The summed E-state index contributed by atoms with van der Waals surface area (Å²) in [5, 5.41) is 3.50. The van der Waals surface area contributed by atoms with Crippen molar-refractivity contribution in [2.75, 3.05) is 6.61 Å². The molecule has 0 amide bonds. The maximum atomic E-state index is 12.7. The van der Waals surface area contributed by atoms with Gasteiger partial charge in [-0.25, -0.2) is 0 Å². The van der Waals surface area contributed by atoms with Crippen LogP contribution in [0.1, 0.15) is 23.9 Å². The molecule has 2 rings (SSSR count). The highest BCUT2D eigenvalue weighted by molar-refractivity contribution is 7.98. The lowest BCUT2D eigenvalue weighted by atomic mass is 10.2. The molecule has 2 heterocycles. The molecule has 0 atom stereocenters. The topological polar surface area (TPSA) is 44.1 Å². The molecule has 0 bridgehead atoms. The molecule has 100 valence electrons. The molecule has 0 N–H and O–H groups in total. The number of esters is 1. The fraction of sp³-hybridized carbons (Fsp3) is 0.600. The number of halogens is 3. The van der Waals surface area contributed by atoms with Gasteiger partial charge in [-0.1, -0.05) is 0 Å². The highest BCUT2D eigenvalue weighted by atomic mass is 32.2. The van der Waals surface area contributed by atoms with E-state index in [2.05, 4.69) is 5.10 Å². The number of carbonyl (C=O) groups excluding carboxylic acids is 1. The van der Waals surface area contributed by atoms with Gasteiger partial charge in [0.1, 0.15) is 6.54 Å². The van der Waals surface area contributed by atoms with Crippen molar-refractivity contribution in [3.05, 3.63) is 17.0 Å². The molecular weight excluding hydrogens is 269 g/mol.